The van der Waals surface area contributed by atoms with Crippen LogP contribution >= 0.6 is 17.2 Å². The zero-order valence-corrected chi connectivity index (χ0v) is 26.0. The Bertz CT molecular complexity index is 1060. The summed E-state index contributed by atoms with van der Waals surface area (Å²) in [6.45, 7) is 19.5. The minimum absolute atomic E-state index is 0.0832. The van der Waals surface area contributed by atoms with Crippen LogP contribution in [0.4, 0.5) is 0 Å². The zero-order valence-electron chi connectivity index (χ0n) is 24.2. The lowest BCUT2D eigenvalue weighted by Crippen LogP contribution is -2.45. The number of rotatable bonds is 8. The molecule has 0 radical (unpaired) electrons. The van der Waals surface area contributed by atoms with Crippen molar-refractivity contribution in [1.29, 1.82) is 0 Å². The van der Waals surface area contributed by atoms with E-state index < -0.39 is 17.2 Å². The molecule has 0 amide bonds. The number of hydrogen-bond donors (Lipinski definition) is 0. The van der Waals surface area contributed by atoms with Crippen LogP contribution in [0.3, 0.4) is 0 Å². The smallest absolute Gasteiger partial charge is 0.397 e. The first-order valence-electron chi connectivity index (χ1n) is 13.6. The van der Waals surface area contributed by atoms with Gasteiger partial charge in [-0.1, -0.05) is 72.7 Å². The van der Waals surface area contributed by atoms with E-state index >= 15 is 0 Å². The minimum Gasteiger partial charge on any atom is -0.426 e. The predicted molar refractivity (Wildman–Crippen MR) is 155 cm³/mol. The topological polar surface area (TPSA) is 55.4 Å². The fraction of sp³-hybridized carbons (Fsp3) is 0.600. The van der Waals surface area contributed by atoms with Crippen molar-refractivity contribution >= 4 is 17.2 Å². The summed E-state index contributed by atoms with van der Waals surface area (Å²) in [5, 5.41) is 0. The van der Waals surface area contributed by atoms with Crippen LogP contribution in [0, 0.1) is 24.2 Å². The largest absolute Gasteiger partial charge is 0.426 e. The van der Waals surface area contributed by atoms with Crippen LogP contribution in [-0.2, 0) is 36.4 Å². The highest BCUT2D eigenvalue weighted by Crippen LogP contribution is 2.53. The van der Waals surface area contributed by atoms with E-state index in [4.69, 9.17) is 27.1 Å². The minimum atomic E-state index is -1.48. The summed E-state index contributed by atoms with van der Waals surface area (Å²) in [6, 6.07) is 12.8. The van der Waals surface area contributed by atoms with E-state index in [-0.39, 0.29) is 10.8 Å². The second-order valence-electron chi connectivity index (χ2n) is 12.6. The van der Waals surface area contributed by atoms with Gasteiger partial charge in [0.15, 0.2) is 0 Å². The first kappa shape index (κ1) is 29.7. The van der Waals surface area contributed by atoms with E-state index in [0.717, 1.165) is 29.9 Å². The van der Waals surface area contributed by atoms with Crippen molar-refractivity contribution in [1.82, 2.24) is 0 Å². The Balaban J connectivity index is 1.30. The molecule has 0 atom stereocenters. The average Bonchev–Trinajstić information content (AvgIpc) is 2.83. The van der Waals surface area contributed by atoms with Crippen LogP contribution in [0.15, 0.2) is 36.4 Å². The predicted octanol–water partition coefficient (Wildman–Crippen LogP) is 8.68. The Morgan fingerprint density at radius 1 is 0.763 bits per heavy atom. The van der Waals surface area contributed by atoms with Gasteiger partial charge in [0.2, 0.25) is 0 Å². The molecule has 2 aromatic rings. The molecule has 0 bridgehead atoms. The molecule has 0 unspecified atom stereocenters. The van der Waals surface area contributed by atoms with E-state index in [1.807, 2.05) is 6.07 Å². The van der Waals surface area contributed by atoms with Gasteiger partial charge in [0.25, 0.3) is 0 Å². The molecule has 1 spiro atoms. The summed E-state index contributed by atoms with van der Waals surface area (Å²) in [5.41, 5.74) is 4.64. The lowest BCUT2D eigenvalue weighted by Gasteiger charge is -2.41. The molecule has 0 aromatic heterocycles. The molecular formula is C30H44O6P2. The van der Waals surface area contributed by atoms with Gasteiger partial charge in [-0.15, -0.1) is 0 Å². The van der Waals surface area contributed by atoms with E-state index in [1.54, 1.807) is 0 Å². The van der Waals surface area contributed by atoms with Gasteiger partial charge >= 0.3 is 17.2 Å². The van der Waals surface area contributed by atoms with Gasteiger partial charge < -0.3 is 27.1 Å². The van der Waals surface area contributed by atoms with Crippen LogP contribution < -0.4 is 9.05 Å². The maximum atomic E-state index is 6.25. The zero-order chi connectivity index (χ0) is 27.5. The Morgan fingerprint density at radius 2 is 1.29 bits per heavy atom. The summed E-state index contributed by atoms with van der Waals surface area (Å²) >= 11 is 0. The molecule has 0 N–H and O–H groups in total. The molecule has 210 valence electrons. The fourth-order valence-corrected chi connectivity index (χ4v) is 7.08. The Kier molecular flexibility index (Phi) is 9.78. The van der Waals surface area contributed by atoms with Crippen molar-refractivity contribution in [3.05, 3.63) is 58.7 Å². The number of aryl methyl sites for hydroxylation is 1. The molecule has 2 aliphatic heterocycles. The highest BCUT2D eigenvalue weighted by Gasteiger charge is 2.45. The van der Waals surface area contributed by atoms with Crippen molar-refractivity contribution in [2.45, 2.75) is 73.6 Å². The second kappa shape index (κ2) is 12.5. The molecule has 2 aromatic carbocycles. The maximum absolute atomic E-state index is 6.25. The summed E-state index contributed by atoms with van der Waals surface area (Å²) in [7, 11) is -2.93. The van der Waals surface area contributed by atoms with Crippen LogP contribution in [-0.4, -0.2) is 26.4 Å². The van der Waals surface area contributed by atoms with Crippen molar-refractivity contribution in [3.63, 3.8) is 0 Å². The van der Waals surface area contributed by atoms with Crippen molar-refractivity contribution in [2.75, 3.05) is 26.4 Å². The third-order valence-electron chi connectivity index (χ3n) is 6.69. The quantitative estimate of drug-likeness (QED) is 0.300. The average molecular weight is 563 g/mol. The number of hydrogen-bond acceptors (Lipinski definition) is 6. The monoisotopic (exact) mass is 562 g/mol. The van der Waals surface area contributed by atoms with Gasteiger partial charge in [0.05, 0.1) is 31.8 Å². The molecule has 4 rings (SSSR count). The molecule has 6 nitrogen and oxygen atoms in total. The first-order valence-corrected chi connectivity index (χ1v) is 15.8. The molecule has 38 heavy (non-hydrogen) atoms. The highest BCUT2D eigenvalue weighted by atomic mass is 31.2. The number of benzene rings is 2. The normalized spacial score (nSPS) is 24.3. The lowest BCUT2D eigenvalue weighted by molar-refractivity contribution is -0.0673. The van der Waals surface area contributed by atoms with Crippen molar-refractivity contribution < 1.29 is 27.1 Å². The van der Waals surface area contributed by atoms with Crippen molar-refractivity contribution in [3.8, 4) is 11.5 Å². The summed E-state index contributed by atoms with van der Waals surface area (Å²) in [4.78, 5) is 0. The molecule has 2 saturated heterocycles. The molecule has 2 aliphatic rings. The van der Waals surface area contributed by atoms with Crippen LogP contribution in [0.1, 0.15) is 70.7 Å². The van der Waals surface area contributed by atoms with E-state index in [2.05, 4.69) is 85.7 Å². The molecule has 8 heteroatoms. The summed E-state index contributed by atoms with van der Waals surface area (Å²) in [5.74, 6) is 2.79. The molecule has 0 saturated carbocycles. The second-order valence-corrected chi connectivity index (χ2v) is 14.9. The summed E-state index contributed by atoms with van der Waals surface area (Å²) < 4.78 is 36.5. The maximum Gasteiger partial charge on any atom is 0.397 e. The van der Waals surface area contributed by atoms with Gasteiger partial charge in [-0.25, -0.2) is 0 Å². The van der Waals surface area contributed by atoms with E-state index in [9.17, 15) is 0 Å². The first-order chi connectivity index (χ1) is 17.9. The van der Waals surface area contributed by atoms with Crippen LogP contribution in [0.25, 0.3) is 0 Å². The molecule has 2 fully saturated rings. The third kappa shape index (κ3) is 7.90. The van der Waals surface area contributed by atoms with Crippen molar-refractivity contribution in [2.24, 2.45) is 17.3 Å². The molecule has 0 aliphatic carbocycles. The van der Waals surface area contributed by atoms with Gasteiger partial charge in [-0.05, 0) is 71.4 Å². The lowest BCUT2D eigenvalue weighted by atomic mass is 9.85. The standard InChI is InChI=1S/C30H44O6P2/c1-21(2)13-24-9-11-27(23(5)15-24)35-37-31-17-30(18-32-37)19-33-38(34-20-30)36-28-12-10-26(29(6,7)8)16-25(28)14-22(3)4/h9-12,15-16,21-22H,13-14,17-20H2,1-8H3. The Labute approximate surface area is 231 Å². The van der Waals surface area contributed by atoms with Gasteiger partial charge in [0.1, 0.15) is 11.5 Å². The van der Waals surface area contributed by atoms with Gasteiger partial charge in [0, 0.05) is 0 Å². The van der Waals surface area contributed by atoms with E-state index in [0.29, 0.717) is 38.3 Å². The van der Waals surface area contributed by atoms with Crippen LogP contribution in [0.2, 0.25) is 0 Å². The summed E-state index contributed by atoms with van der Waals surface area (Å²) in [6.07, 6.45) is 2.00. The van der Waals surface area contributed by atoms with Gasteiger partial charge in [-0.2, -0.15) is 0 Å². The molecule has 2 heterocycles. The SMILES string of the molecule is Cc1cc(CC(C)C)ccc1OP1OCC2(CO1)COP(Oc1ccc(C(C)(C)C)cc1CC(C)C)OC2. The highest BCUT2D eigenvalue weighted by molar-refractivity contribution is 7.42. The van der Waals surface area contributed by atoms with Crippen LogP contribution in [0.5, 0.6) is 11.5 Å². The Morgan fingerprint density at radius 3 is 1.79 bits per heavy atom. The fourth-order valence-electron chi connectivity index (χ4n) is 4.50. The Hall–Kier alpha value is -1.26. The van der Waals surface area contributed by atoms with Gasteiger partial charge in [-0.3, -0.25) is 0 Å². The molecular weight excluding hydrogens is 518 g/mol. The third-order valence-corrected chi connectivity index (χ3v) is 8.74. The van der Waals surface area contributed by atoms with E-state index in [1.165, 1.54) is 16.7 Å².